The molecule has 0 rings (SSSR count). The van der Waals surface area contributed by atoms with E-state index in [9.17, 15) is 14.4 Å². The Kier molecular flexibility index (Phi) is 65.8. The summed E-state index contributed by atoms with van der Waals surface area (Å²) >= 11 is 0. The second kappa shape index (κ2) is 69.8. The van der Waals surface area contributed by atoms with Gasteiger partial charge >= 0.3 is 17.9 Å². The van der Waals surface area contributed by atoms with Crippen LogP contribution in [-0.4, -0.2) is 37.2 Å². The van der Waals surface area contributed by atoms with Crippen molar-refractivity contribution in [2.45, 2.75) is 309 Å². The molecule has 0 aromatic heterocycles. The van der Waals surface area contributed by atoms with Crippen LogP contribution in [0.25, 0.3) is 0 Å². The van der Waals surface area contributed by atoms with Gasteiger partial charge in [0.05, 0.1) is 0 Å². The maximum absolute atomic E-state index is 13.0. The van der Waals surface area contributed by atoms with E-state index in [1.54, 1.807) is 0 Å². The lowest BCUT2D eigenvalue weighted by Crippen LogP contribution is -2.30. The lowest BCUT2D eigenvalue weighted by Gasteiger charge is -2.18. The zero-order valence-corrected chi connectivity index (χ0v) is 53.9. The first-order valence-corrected chi connectivity index (χ1v) is 34.3. The van der Waals surface area contributed by atoms with Gasteiger partial charge in [-0.1, -0.05) is 295 Å². The molecule has 0 aliphatic heterocycles. The smallest absolute Gasteiger partial charge is 0.306 e. The molecule has 0 aliphatic rings. The Bertz CT molecular complexity index is 1800. The summed E-state index contributed by atoms with van der Waals surface area (Å²) in [6, 6.07) is 0. The molecular weight excluding hydrogens is 1020 g/mol. The maximum Gasteiger partial charge on any atom is 0.306 e. The lowest BCUT2D eigenvalue weighted by atomic mass is 10.0. The molecule has 0 saturated heterocycles. The van der Waals surface area contributed by atoms with Crippen molar-refractivity contribution in [1.82, 2.24) is 0 Å². The number of hydrogen-bond acceptors (Lipinski definition) is 6. The van der Waals surface area contributed by atoms with E-state index in [1.807, 2.05) is 0 Å². The van der Waals surface area contributed by atoms with Gasteiger partial charge in [0.15, 0.2) is 6.10 Å². The summed E-state index contributed by atoms with van der Waals surface area (Å²) < 4.78 is 17.0. The standard InChI is InChI=1S/C77H126O6/c1-4-7-10-13-16-19-22-25-28-30-32-34-36-37-38-39-41-42-44-46-49-52-55-58-61-64-67-70-76(79)82-73-74(72-81-75(78)69-66-63-60-57-54-51-48-27-24-21-18-15-12-9-6-3)83-77(80)71-68-65-62-59-56-53-50-47-45-43-40-35-33-31-29-26-23-20-17-14-11-8-5-2/h7-12,16-21,25-29,32-35,37-38,48,74H,4-6,13-15,22-24,30-31,36,39-47,49-73H2,1-3H3/b10-7-,11-8-,12-9-,19-16-,20-17-,21-18-,28-25-,29-26-,34-32-,35-33-,38-37-,48-27-. The largest absolute Gasteiger partial charge is 0.462 e. The summed E-state index contributed by atoms with van der Waals surface area (Å²) in [6.45, 7) is 6.30. The van der Waals surface area contributed by atoms with E-state index in [0.717, 1.165) is 154 Å². The fraction of sp³-hybridized carbons (Fsp3) is 0.649. The molecule has 0 aliphatic carbocycles. The third-order valence-electron chi connectivity index (χ3n) is 14.3. The van der Waals surface area contributed by atoms with Gasteiger partial charge in [0.1, 0.15) is 13.2 Å². The van der Waals surface area contributed by atoms with Crippen molar-refractivity contribution in [1.29, 1.82) is 0 Å². The van der Waals surface area contributed by atoms with Crippen LogP contribution in [0.15, 0.2) is 146 Å². The average molecular weight is 1150 g/mol. The van der Waals surface area contributed by atoms with Gasteiger partial charge < -0.3 is 14.2 Å². The molecule has 0 amide bonds. The SMILES string of the molecule is CC/C=C\C/C=C\C/C=C\C/C=C\C/C=C\CCCCCCCCCCCCCC(=O)OCC(COC(=O)CCCCCCC/C=C\C/C=C\C/C=C\CC)OC(=O)CCCCCCCCCCCC/C=C\C/C=C\C/C=C\C/C=C\CC. The minimum absolute atomic E-state index is 0.0906. The number of hydrogen-bond donors (Lipinski definition) is 0. The highest BCUT2D eigenvalue weighted by atomic mass is 16.6. The molecule has 0 heterocycles. The molecule has 83 heavy (non-hydrogen) atoms. The van der Waals surface area contributed by atoms with Gasteiger partial charge in [0, 0.05) is 19.3 Å². The van der Waals surface area contributed by atoms with Gasteiger partial charge in [0.2, 0.25) is 0 Å². The zero-order valence-electron chi connectivity index (χ0n) is 53.9. The lowest BCUT2D eigenvalue weighted by molar-refractivity contribution is -0.167. The molecule has 1 unspecified atom stereocenters. The minimum atomic E-state index is -0.797. The Balaban J connectivity index is 4.37. The highest BCUT2D eigenvalue weighted by Crippen LogP contribution is 2.16. The molecule has 6 nitrogen and oxygen atoms in total. The van der Waals surface area contributed by atoms with E-state index < -0.39 is 6.10 Å². The van der Waals surface area contributed by atoms with Crippen molar-refractivity contribution in [2.75, 3.05) is 13.2 Å². The van der Waals surface area contributed by atoms with Gasteiger partial charge in [-0.2, -0.15) is 0 Å². The van der Waals surface area contributed by atoms with Crippen LogP contribution in [-0.2, 0) is 28.6 Å². The topological polar surface area (TPSA) is 78.9 Å². The molecule has 0 saturated carbocycles. The van der Waals surface area contributed by atoms with Crippen molar-refractivity contribution in [3.05, 3.63) is 146 Å². The van der Waals surface area contributed by atoms with Crippen LogP contribution in [0, 0.1) is 0 Å². The van der Waals surface area contributed by atoms with Crippen molar-refractivity contribution in [3.63, 3.8) is 0 Å². The van der Waals surface area contributed by atoms with E-state index in [2.05, 4.69) is 167 Å². The summed E-state index contributed by atoms with van der Waals surface area (Å²) in [5, 5.41) is 0. The third kappa shape index (κ3) is 68.0. The number of carbonyl (C=O) groups is 3. The quantitative estimate of drug-likeness (QED) is 0.0261. The van der Waals surface area contributed by atoms with Gasteiger partial charge in [-0.15, -0.1) is 0 Å². The van der Waals surface area contributed by atoms with E-state index in [-0.39, 0.29) is 31.1 Å². The number of ether oxygens (including phenoxy) is 3. The minimum Gasteiger partial charge on any atom is -0.462 e. The molecule has 1 atom stereocenters. The molecule has 0 bridgehead atoms. The first-order valence-electron chi connectivity index (χ1n) is 34.3. The number of allylic oxidation sites excluding steroid dienone is 24. The summed E-state index contributed by atoms with van der Waals surface area (Å²) in [5.74, 6) is -0.910. The molecule has 0 N–H and O–H groups in total. The molecule has 0 radical (unpaired) electrons. The summed E-state index contributed by atoms with van der Waals surface area (Å²) in [4.78, 5) is 38.5. The Hall–Kier alpha value is -4.71. The van der Waals surface area contributed by atoms with Crippen LogP contribution >= 0.6 is 0 Å². The van der Waals surface area contributed by atoms with Crippen LogP contribution in [0.3, 0.4) is 0 Å². The zero-order chi connectivity index (χ0) is 59.9. The van der Waals surface area contributed by atoms with Crippen molar-refractivity contribution in [2.24, 2.45) is 0 Å². The molecule has 0 aromatic carbocycles. The fourth-order valence-electron chi connectivity index (χ4n) is 9.30. The molecule has 470 valence electrons. The first kappa shape index (κ1) is 78.3. The van der Waals surface area contributed by atoms with Crippen LogP contribution in [0.1, 0.15) is 303 Å². The Morgan fingerprint density at radius 1 is 0.241 bits per heavy atom. The first-order chi connectivity index (χ1) is 41.0. The van der Waals surface area contributed by atoms with E-state index in [4.69, 9.17) is 14.2 Å². The Morgan fingerprint density at radius 3 is 0.675 bits per heavy atom. The normalized spacial score (nSPS) is 13.0. The monoisotopic (exact) mass is 1150 g/mol. The van der Waals surface area contributed by atoms with Crippen LogP contribution < -0.4 is 0 Å². The van der Waals surface area contributed by atoms with Gasteiger partial charge in [0.25, 0.3) is 0 Å². The van der Waals surface area contributed by atoms with E-state index in [1.165, 1.54) is 109 Å². The second-order valence-electron chi connectivity index (χ2n) is 22.3. The van der Waals surface area contributed by atoms with Crippen molar-refractivity contribution >= 4 is 17.9 Å². The molecule has 6 heteroatoms. The molecule has 0 fully saturated rings. The highest BCUT2D eigenvalue weighted by molar-refractivity contribution is 5.71. The number of esters is 3. The van der Waals surface area contributed by atoms with E-state index in [0.29, 0.717) is 19.3 Å². The van der Waals surface area contributed by atoms with Gasteiger partial charge in [-0.25, -0.2) is 0 Å². The second-order valence-corrected chi connectivity index (χ2v) is 22.3. The summed E-state index contributed by atoms with van der Waals surface area (Å²) in [5.41, 5.74) is 0. The number of carbonyl (C=O) groups excluding carboxylic acids is 3. The summed E-state index contributed by atoms with van der Waals surface area (Å²) in [7, 11) is 0. The van der Waals surface area contributed by atoms with Crippen molar-refractivity contribution in [3.8, 4) is 0 Å². The average Bonchev–Trinajstić information content (AvgIpc) is 3.49. The summed E-state index contributed by atoms with van der Waals surface area (Å²) in [6.07, 6.45) is 100. The van der Waals surface area contributed by atoms with Crippen LogP contribution in [0.5, 0.6) is 0 Å². The Labute approximate surface area is 512 Å². The fourth-order valence-corrected chi connectivity index (χ4v) is 9.30. The van der Waals surface area contributed by atoms with Crippen LogP contribution in [0.2, 0.25) is 0 Å². The molecular formula is C77H126O6. The molecule has 0 aromatic rings. The number of unbranched alkanes of at least 4 members (excludes halogenated alkanes) is 26. The van der Waals surface area contributed by atoms with Crippen LogP contribution in [0.4, 0.5) is 0 Å². The number of rotatable bonds is 61. The maximum atomic E-state index is 13.0. The predicted molar refractivity (Wildman–Crippen MR) is 362 cm³/mol. The van der Waals surface area contributed by atoms with Gasteiger partial charge in [-0.05, 0) is 135 Å². The van der Waals surface area contributed by atoms with E-state index >= 15 is 0 Å². The Morgan fingerprint density at radius 2 is 0.434 bits per heavy atom. The predicted octanol–water partition coefficient (Wildman–Crippen LogP) is 23.9. The molecule has 0 spiro atoms. The highest BCUT2D eigenvalue weighted by Gasteiger charge is 2.19. The van der Waals surface area contributed by atoms with Crippen molar-refractivity contribution < 1.29 is 28.6 Å². The van der Waals surface area contributed by atoms with Gasteiger partial charge in [-0.3, -0.25) is 14.4 Å². The third-order valence-corrected chi connectivity index (χ3v) is 14.3.